The molecule has 2 aromatic carbocycles. The van der Waals surface area contributed by atoms with Gasteiger partial charge in [0.2, 0.25) is 5.91 Å². The summed E-state index contributed by atoms with van der Waals surface area (Å²) in [5, 5.41) is 6.04. The van der Waals surface area contributed by atoms with Crippen molar-refractivity contribution in [2.75, 3.05) is 18.1 Å². The van der Waals surface area contributed by atoms with Gasteiger partial charge in [0, 0.05) is 36.9 Å². The molecule has 1 fully saturated rings. The molecule has 1 atom stereocenters. The fourth-order valence-electron chi connectivity index (χ4n) is 4.04. The summed E-state index contributed by atoms with van der Waals surface area (Å²) in [4.78, 5) is 12.7. The fraction of sp³-hybridized carbons (Fsp3) is 0.435. The molecule has 0 radical (unpaired) electrons. The minimum Gasteiger partial charge on any atom is -0.448 e. The molecule has 0 aromatic heterocycles. The molecule has 31 heavy (non-hydrogen) atoms. The SMILES string of the molecule is C[C@H](NCC(=O)Nc1ccc2c(c1)OC1(CCCCC1)O2)c1ccc(S(C)(=O)=O)cc1. The van der Waals surface area contributed by atoms with Crippen molar-refractivity contribution < 1.29 is 22.7 Å². The first-order valence-electron chi connectivity index (χ1n) is 10.6. The van der Waals surface area contributed by atoms with Gasteiger partial charge in [-0.05, 0) is 49.6 Å². The fourth-order valence-corrected chi connectivity index (χ4v) is 4.67. The van der Waals surface area contributed by atoms with Gasteiger partial charge in [-0.15, -0.1) is 0 Å². The van der Waals surface area contributed by atoms with Crippen LogP contribution in [0.5, 0.6) is 11.5 Å². The van der Waals surface area contributed by atoms with Gasteiger partial charge >= 0.3 is 0 Å². The van der Waals surface area contributed by atoms with Crippen molar-refractivity contribution in [2.45, 2.75) is 55.8 Å². The molecular formula is C23H28N2O5S. The number of nitrogens with one attached hydrogen (secondary N) is 2. The summed E-state index contributed by atoms with van der Waals surface area (Å²) in [5.41, 5.74) is 1.56. The molecule has 2 aliphatic rings. The molecule has 8 heteroatoms. The van der Waals surface area contributed by atoms with E-state index in [1.54, 1.807) is 24.3 Å². The summed E-state index contributed by atoms with van der Waals surface area (Å²) in [6.45, 7) is 2.04. The van der Waals surface area contributed by atoms with Crippen LogP contribution in [0.3, 0.4) is 0 Å². The smallest absolute Gasteiger partial charge is 0.251 e. The molecule has 2 N–H and O–H groups in total. The van der Waals surface area contributed by atoms with Crippen LogP contribution in [0.1, 0.15) is 50.6 Å². The summed E-state index contributed by atoms with van der Waals surface area (Å²) in [5.74, 6) is 0.689. The van der Waals surface area contributed by atoms with Crippen LogP contribution in [0, 0.1) is 0 Å². The van der Waals surface area contributed by atoms with E-state index < -0.39 is 15.6 Å². The van der Waals surface area contributed by atoms with Gasteiger partial charge in [-0.3, -0.25) is 4.79 Å². The number of hydrogen-bond acceptors (Lipinski definition) is 6. The molecule has 1 aliphatic carbocycles. The van der Waals surface area contributed by atoms with E-state index in [9.17, 15) is 13.2 Å². The normalized spacial score (nSPS) is 18.0. The third-order valence-corrected chi connectivity index (χ3v) is 6.94. The van der Waals surface area contributed by atoms with Crippen molar-refractivity contribution in [1.29, 1.82) is 0 Å². The lowest BCUT2D eigenvalue weighted by molar-refractivity contribution is -0.115. The molecule has 166 valence electrons. The third-order valence-electron chi connectivity index (χ3n) is 5.81. The van der Waals surface area contributed by atoms with Crippen LogP contribution in [-0.2, 0) is 14.6 Å². The zero-order valence-corrected chi connectivity index (χ0v) is 18.6. The quantitative estimate of drug-likeness (QED) is 0.704. The van der Waals surface area contributed by atoms with Crippen molar-refractivity contribution >= 4 is 21.4 Å². The number of amides is 1. The van der Waals surface area contributed by atoms with Gasteiger partial charge in [0.15, 0.2) is 21.3 Å². The molecule has 0 bridgehead atoms. The molecule has 1 heterocycles. The second-order valence-corrected chi connectivity index (χ2v) is 10.3. The van der Waals surface area contributed by atoms with Crippen LogP contribution in [0.2, 0.25) is 0 Å². The van der Waals surface area contributed by atoms with E-state index in [-0.39, 0.29) is 23.4 Å². The average Bonchev–Trinajstić information content (AvgIpc) is 3.08. The number of sulfone groups is 1. The largest absolute Gasteiger partial charge is 0.448 e. The second kappa shape index (κ2) is 8.51. The first kappa shape index (κ1) is 21.6. The minimum atomic E-state index is -3.22. The summed E-state index contributed by atoms with van der Waals surface area (Å²) in [6.07, 6.45) is 6.35. The number of anilines is 1. The molecule has 0 saturated heterocycles. The minimum absolute atomic E-state index is 0.109. The van der Waals surface area contributed by atoms with Gasteiger partial charge in [-0.2, -0.15) is 0 Å². The lowest BCUT2D eigenvalue weighted by atomic mass is 9.94. The Bertz CT molecular complexity index is 1060. The van der Waals surface area contributed by atoms with Gasteiger partial charge in [0.25, 0.3) is 5.79 Å². The molecule has 0 unspecified atom stereocenters. The highest BCUT2D eigenvalue weighted by molar-refractivity contribution is 7.90. The predicted octanol–water partition coefficient (Wildman–Crippen LogP) is 3.81. The lowest BCUT2D eigenvalue weighted by Gasteiger charge is -2.31. The number of rotatable bonds is 6. The summed E-state index contributed by atoms with van der Waals surface area (Å²) in [7, 11) is -3.22. The zero-order valence-electron chi connectivity index (χ0n) is 17.8. The maximum atomic E-state index is 12.4. The molecule has 4 rings (SSSR count). The summed E-state index contributed by atoms with van der Waals surface area (Å²) in [6, 6.07) is 12.0. The Kier molecular flexibility index (Phi) is 5.94. The molecule has 2 aromatic rings. The van der Waals surface area contributed by atoms with Crippen molar-refractivity contribution in [3.63, 3.8) is 0 Å². The number of carbonyl (C=O) groups is 1. The van der Waals surface area contributed by atoms with Gasteiger partial charge < -0.3 is 20.1 Å². The van der Waals surface area contributed by atoms with E-state index in [1.165, 1.54) is 12.7 Å². The maximum Gasteiger partial charge on any atom is 0.251 e. The molecular weight excluding hydrogens is 416 g/mol. The van der Waals surface area contributed by atoms with Gasteiger partial charge in [0.05, 0.1) is 11.4 Å². The van der Waals surface area contributed by atoms with E-state index in [1.807, 2.05) is 25.1 Å². The topological polar surface area (TPSA) is 93.7 Å². The summed E-state index contributed by atoms with van der Waals surface area (Å²) < 4.78 is 35.3. The molecule has 1 spiro atoms. The van der Waals surface area contributed by atoms with Crippen LogP contribution in [0.25, 0.3) is 0 Å². The Hall–Kier alpha value is -2.58. The van der Waals surface area contributed by atoms with E-state index in [0.29, 0.717) is 11.4 Å². The lowest BCUT2D eigenvalue weighted by Crippen LogP contribution is -2.40. The first-order valence-corrected chi connectivity index (χ1v) is 12.5. The van der Waals surface area contributed by atoms with E-state index in [0.717, 1.165) is 37.0 Å². The van der Waals surface area contributed by atoms with Crippen LogP contribution >= 0.6 is 0 Å². The number of fused-ring (bicyclic) bond motifs is 1. The second-order valence-electron chi connectivity index (χ2n) is 8.33. The van der Waals surface area contributed by atoms with E-state index in [2.05, 4.69) is 10.6 Å². The molecule has 1 aliphatic heterocycles. The van der Waals surface area contributed by atoms with Crippen LogP contribution in [0.15, 0.2) is 47.4 Å². The molecule has 1 amide bonds. The van der Waals surface area contributed by atoms with Gasteiger partial charge in [0.1, 0.15) is 0 Å². The Morgan fingerprint density at radius 3 is 2.39 bits per heavy atom. The number of ether oxygens (including phenoxy) is 2. The van der Waals surface area contributed by atoms with Crippen molar-refractivity contribution in [2.24, 2.45) is 0 Å². The maximum absolute atomic E-state index is 12.4. The average molecular weight is 445 g/mol. The van der Waals surface area contributed by atoms with Crippen LogP contribution in [0.4, 0.5) is 5.69 Å². The Labute approximate surface area is 183 Å². The molecule has 1 saturated carbocycles. The van der Waals surface area contributed by atoms with Crippen molar-refractivity contribution in [3.05, 3.63) is 48.0 Å². The van der Waals surface area contributed by atoms with Crippen molar-refractivity contribution in [3.8, 4) is 11.5 Å². The van der Waals surface area contributed by atoms with E-state index >= 15 is 0 Å². The first-order chi connectivity index (χ1) is 14.7. The van der Waals surface area contributed by atoms with Crippen molar-refractivity contribution in [1.82, 2.24) is 5.32 Å². The highest BCUT2D eigenvalue weighted by Crippen LogP contribution is 2.46. The molecule has 7 nitrogen and oxygen atoms in total. The van der Waals surface area contributed by atoms with Gasteiger partial charge in [-0.25, -0.2) is 8.42 Å². The van der Waals surface area contributed by atoms with Crippen LogP contribution < -0.4 is 20.1 Å². The highest BCUT2D eigenvalue weighted by Gasteiger charge is 2.42. The monoisotopic (exact) mass is 444 g/mol. The standard InChI is InChI=1S/C23H28N2O5S/c1-16(17-6-9-19(10-7-17)31(2,27)28)24-15-22(26)25-18-8-11-20-21(14-18)30-23(29-20)12-4-3-5-13-23/h6-11,14,16,24H,3-5,12-13,15H2,1-2H3,(H,25,26)/t16-/m0/s1. The van der Waals surface area contributed by atoms with Crippen LogP contribution in [-0.4, -0.2) is 32.9 Å². The highest BCUT2D eigenvalue weighted by atomic mass is 32.2. The number of hydrogen-bond donors (Lipinski definition) is 2. The Morgan fingerprint density at radius 2 is 1.71 bits per heavy atom. The number of carbonyl (C=O) groups excluding carboxylic acids is 1. The number of benzene rings is 2. The zero-order chi connectivity index (χ0) is 22.1. The predicted molar refractivity (Wildman–Crippen MR) is 118 cm³/mol. The third kappa shape index (κ3) is 5.02. The van der Waals surface area contributed by atoms with Gasteiger partial charge in [-0.1, -0.05) is 18.6 Å². The summed E-state index contributed by atoms with van der Waals surface area (Å²) >= 11 is 0. The Balaban J connectivity index is 1.31. The van der Waals surface area contributed by atoms with E-state index in [4.69, 9.17) is 9.47 Å². The Morgan fingerprint density at radius 1 is 1.03 bits per heavy atom.